The van der Waals surface area contributed by atoms with Crippen LogP contribution < -0.4 is 20.7 Å². The maximum Gasteiger partial charge on any atom is 0.411 e. The van der Waals surface area contributed by atoms with Crippen LogP contribution in [0.25, 0.3) is 0 Å². The SMILES string of the molecule is C=CC1C[C@]1(NC(=O)[C@@H]1C[C@@H](OC(=O)Nc2ccccc2I)CN1C(=O)[C@@H](NC(=O)OC(C)(C)C)C(C)(C)C)C(=O)NS(=O)(=O)C1CC1. The average molecular weight is 802 g/mol. The molecule has 0 bridgehead atoms. The number of nitrogens with zero attached hydrogens (tertiary/aromatic N) is 1. The predicted molar refractivity (Wildman–Crippen MR) is 185 cm³/mol. The van der Waals surface area contributed by atoms with E-state index in [4.69, 9.17) is 9.47 Å². The highest BCUT2D eigenvalue weighted by Gasteiger charge is 2.62. The Labute approximate surface area is 294 Å². The summed E-state index contributed by atoms with van der Waals surface area (Å²) >= 11 is 2.06. The lowest BCUT2D eigenvalue weighted by Crippen LogP contribution is -2.60. The highest BCUT2D eigenvalue weighted by molar-refractivity contribution is 14.1. The number of likely N-dealkylation sites (tertiary alicyclic amines) is 1. The van der Waals surface area contributed by atoms with E-state index in [1.165, 1.54) is 11.0 Å². The molecule has 5 amide bonds. The van der Waals surface area contributed by atoms with E-state index in [1.54, 1.807) is 59.7 Å². The standard InChI is InChI=1S/C32H44IN5O9S/c1-8-18-16-32(18,27(41)37-48(44,45)20-13-14-20)36-25(39)23-15-19(46-28(42)34-22-12-10-9-11-21(22)33)17-38(23)26(40)24(30(2,3)4)35-29(43)47-31(5,6)7/h8-12,18-20,23-24H,1,13-17H2,2-7H3,(H,34,42)(H,35,43)(H,36,39)(H,37,41)/t18?,19-,23+,24-,32-/m1/s1. The number of nitrogens with one attached hydrogen (secondary N) is 4. The van der Waals surface area contributed by atoms with Crippen molar-refractivity contribution in [1.82, 2.24) is 20.3 Å². The minimum absolute atomic E-state index is 0.109. The summed E-state index contributed by atoms with van der Waals surface area (Å²) in [5, 5.41) is 7.34. The van der Waals surface area contributed by atoms with E-state index in [9.17, 15) is 32.4 Å². The molecule has 1 aromatic carbocycles. The number of carbonyl (C=O) groups is 5. The third-order valence-corrected chi connectivity index (χ3v) is 11.0. The van der Waals surface area contributed by atoms with Crippen molar-refractivity contribution in [2.45, 2.75) is 102 Å². The van der Waals surface area contributed by atoms with Gasteiger partial charge in [0.2, 0.25) is 21.8 Å². The van der Waals surface area contributed by atoms with Gasteiger partial charge in [0.15, 0.2) is 0 Å². The number of amides is 5. The Bertz CT molecular complexity index is 1580. The average Bonchev–Trinajstić information content (AvgIpc) is 3.88. The van der Waals surface area contributed by atoms with Crippen LogP contribution in [-0.4, -0.2) is 84.3 Å². The predicted octanol–water partition coefficient (Wildman–Crippen LogP) is 3.42. The summed E-state index contributed by atoms with van der Waals surface area (Å²) in [6.07, 6.45) is -0.250. The summed E-state index contributed by atoms with van der Waals surface area (Å²) < 4.78 is 39.1. The number of anilines is 1. The van der Waals surface area contributed by atoms with Crippen molar-refractivity contribution in [1.29, 1.82) is 0 Å². The van der Waals surface area contributed by atoms with E-state index in [0.717, 1.165) is 3.57 Å². The van der Waals surface area contributed by atoms with Crippen LogP contribution in [0.1, 0.15) is 67.2 Å². The first-order valence-corrected chi connectivity index (χ1v) is 18.3. The van der Waals surface area contributed by atoms with Crippen molar-refractivity contribution >= 4 is 68.2 Å². The van der Waals surface area contributed by atoms with Crippen LogP contribution in [0.4, 0.5) is 15.3 Å². The van der Waals surface area contributed by atoms with Crippen molar-refractivity contribution in [2.24, 2.45) is 11.3 Å². The van der Waals surface area contributed by atoms with Crippen molar-refractivity contribution in [3.63, 3.8) is 0 Å². The molecule has 1 aromatic rings. The minimum Gasteiger partial charge on any atom is -0.444 e. The zero-order valence-electron chi connectivity index (χ0n) is 27.9. The number of halogens is 1. The highest BCUT2D eigenvalue weighted by Crippen LogP contribution is 2.45. The summed E-state index contributed by atoms with van der Waals surface area (Å²) in [6.45, 7) is 13.8. The number of hydrogen-bond donors (Lipinski definition) is 4. The number of hydrogen-bond acceptors (Lipinski definition) is 9. The maximum absolute atomic E-state index is 14.2. The van der Waals surface area contributed by atoms with Crippen LogP contribution >= 0.6 is 22.6 Å². The number of ether oxygens (including phenoxy) is 2. The van der Waals surface area contributed by atoms with Crippen molar-refractivity contribution in [2.75, 3.05) is 11.9 Å². The molecule has 264 valence electrons. The first-order chi connectivity index (χ1) is 22.2. The molecular weight excluding hydrogens is 757 g/mol. The molecule has 2 aliphatic carbocycles. The summed E-state index contributed by atoms with van der Waals surface area (Å²) in [5.74, 6) is -2.82. The van der Waals surface area contributed by atoms with E-state index < -0.39 is 85.8 Å². The maximum atomic E-state index is 14.2. The van der Waals surface area contributed by atoms with E-state index in [2.05, 4.69) is 49.8 Å². The van der Waals surface area contributed by atoms with Crippen LogP contribution in [0.5, 0.6) is 0 Å². The topological polar surface area (TPSA) is 189 Å². The molecule has 1 saturated heterocycles. The first kappa shape index (κ1) is 37.4. The Morgan fingerprint density at radius 2 is 1.71 bits per heavy atom. The zero-order chi connectivity index (χ0) is 35.8. The van der Waals surface area contributed by atoms with Gasteiger partial charge in [0.05, 0.1) is 17.5 Å². The lowest BCUT2D eigenvalue weighted by Gasteiger charge is -2.36. The molecule has 4 rings (SSSR count). The number of sulfonamides is 1. The monoisotopic (exact) mass is 801 g/mol. The number of alkyl carbamates (subject to hydrolysis) is 1. The molecule has 3 aliphatic rings. The second kappa shape index (κ2) is 13.8. The van der Waals surface area contributed by atoms with Crippen molar-refractivity contribution < 1.29 is 41.9 Å². The largest absolute Gasteiger partial charge is 0.444 e. The number of para-hydroxylation sites is 1. The molecule has 4 N–H and O–H groups in total. The summed E-state index contributed by atoms with van der Waals surface area (Å²) in [7, 11) is -3.91. The molecule has 1 heterocycles. The number of rotatable bonds is 10. The third-order valence-electron chi connectivity index (χ3n) is 8.26. The summed E-state index contributed by atoms with van der Waals surface area (Å²) in [6, 6.07) is 4.64. The lowest BCUT2D eigenvalue weighted by molar-refractivity contribution is -0.143. The molecule has 1 aliphatic heterocycles. The van der Waals surface area contributed by atoms with Gasteiger partial charge in [0.1, 0.15) is 29.3 Å². The fourth-order valence-corrected chi connectivity index (χ4v) is 7.37. The van der Waals surface area contributed by atoms with E-state index in [0.29, 0.717) is 18.5 Å². The van der Waals surface area contributed by atoms with Gasteiger partial charge in [-0.25, -0.2) is 18.0 Å². The number of benzene rings is 1. The fourth-order valence-electron chi connectivity index (χ4n) is 5.49. The van der Waals surface area contributed by atoms with E-state index in [1.807, 2.05) is 6.07 Å². The van der Waals surface area contributed by atoms with Crippen LogP contribution in [0.15, 0.2) is 36.9 Å². The molecular formula is C32H44IN5O9S. The van der Waals surface area contributed by atoms with Gasteiger partial charge in [0.25, 0.3) is 5.91 Å². The van der Waals surface area contributed by atoms with Gasteiger partial charge in [-0.15, -0.1) is 6.58 Å². The summed E-state index contributed by atoms with van der Waals surface area (Å²) in [4.78, 5) is 68.5. The Morgan fingerprint density at radius 1 is 1.06 bits per heavy atom. The van der Waals surface area contributed by atoms with Crippen LogP contribution in [0.2, 0.25) is 0 Å². The van der Waals surface area contributed by atoms with Crippen molar-refractivity contribution in [3.8, 4) is 0 Å². The Kier molecular flexibility index (Phi) is 10.8. The second-order valence-corrected chi connectivity index (χ2v) is 17.6. The van der Waals surface area contributed by atoms with Gasteiger partial charge in [-0.2, -0.15) is 0 Å². The molecule has 5 atom stereocenters. The van der Waals surface area contributed by atoms with Crippen LogP contribution in [-0.2, 0) is 33.9 Å². The molecule has 0 aromatic heterocycles. The summed E-state index contributed by atoms with van der Waals surface area (Å²) in [5.41, 5.74) is -2.77. The van der Waals surface area contributed by atoms with Gasteiger partial charge in [0, 0.05) is 15.9 Å². The van der Waals surface area contributed by atoms with E-state index >= 15 is 0 Å². The van der Waals surface area contributed by atoms with Gasteiger partial charge in [-0.1, -0.05) is 39.0 Å². The van der Waals surface area contributed by atoms with Crippen molar-refractivity contribution in [3.05, 3.63) is 40.5 Å². The highest BCUT2D eigenvalue weighted by atomic mass is 127. The molecule has 48 heavy (non-hydrogen) atoms. The molecule has 14 nitrogen and oxygen atoms in total. The molecule has 0 radical (unpaired) electrons. The Balaban J connectivity index is 1.59. The molecule has 16 heteroatoms. The third kappa shape index (κ3) is 8.98. The minimum atomic E-state index is -3.91. The van der Waals surface area contributed by atoms with E-state index in [-0.39, 0.29) is 19.4 Å². The number of carbonyl (C=O) groups excluding carboxylic acids is 5. The first-order valence-electron chi connectivity index (χ1n) is 15.7. The molecule has 0 spiro atoms. The van der Waals surface area contributed by atoms with Gasteiger partial charge in [-0.3, -0.25) is 24.4 Å². The van der Waals surface area contributed by atoms with Gasteiger partial charge >= 0.3 is 12.2 Å². The Morgan fingerprint density at radius 3 is 2.25 bits per heavy atom. The fraction of sp³-hybridized carbons (Fsp3) is 0.594. The normalized spacial score (nSPS) is 24.5. The Hall–Kier alpha value is -3.41. The lowest BCUT2D eigenvalue weighted by atomic mass is 9.85. The molecule has 2 saturated carbocycles. The smallest absolute Gasteiger partial charge is 0.411 e. The van der Waals surface area contributed by atoms with Crippen LogP contribution in [0.3, 0.4) is 0 Å². The molecule has 1 unspecified atom stereocenters. The van der Waals surface area contributed by atoms with Gasteiger partial charge in [-0.05, 0) is 80.2 Å². The quantitative estimate of drug-likeness (QED) is 0.203. The van der Waals surface area contributed by atoms with Crippen LogP contribution in [0, 0.1) is 14.9 Å². The molecule has 3 fully saturated rings. The van der Waals surface area contributed by atoms with Gasteiger partial charge < -0.3 is 25.0 Å². The second-order valence-electron chi connectivity index (χ2n) is 14.5. The zero-order valence-corrected chi connectivity index (χ0v) is 30.9.